The first-order valence-corrected chi connectivity index (χ1v) is 7.32. The third-order valence-corrected chi connectivity index (χ3v) is 3.84. The maximum atomic E-state index is 12.5. The lowest BCUT2D eigenvalue weighted by Gasteiger charge is -2.17. The zero-order valence-corrected chi connectivity index (χ0v) is 12.4. The lowest BCUT2D eigenvalue weighted by Crippen LogP contribution is -2.25. The van der Waals surface area contributed by atoms with E-state index in [1.54, 1.807) is 24.3 Å². The van der Waals surface area contributed by atoms with Gasteiger partial charge in [0.2, 0.25) is 5.91 Å². The van der Waals surface area contributed by atoms with Crippen molar-refractivity contribution in [3.63, 3.8) is 0 Å². The van der Waals surface area contributed by atoms with Gasteiger partial charge in [0.15, 0.2) is 0 Å². The van der Waals surface area contributed by atoms with E-state index in [9.17, 15) is 9.59 Å². The molecule has 1 saturated heterocycles. The average Bonchev–Trinajstić information content (AvgIpc) is 2.92. The molecule has 5 heteroatoms. The fourth-order valence-corrected chi connectivity index (χ4v) is 2.63. The molecule has 0 aromatic heterocycles. The lowest BCUT2D eigenvalue weighted by molar-refractivity contribution is -0.141. The van der Waals surface area contributed by atoms with Gasteiger partial charge in [-0.2, -0.15) is 0 Å². The summed E-state index contributed by atoms with van der Waals surface area (Å²) in [5.41, 5.74) is 1.46. The normalized spacial score (nSPS) is 20.5. The molecule has 1 fully saturated rings. The third kappa shape index (κ3) is 3.12. The second-order valence-electron chi connectivity index (χ2n) is 5.13. The summed E-state index contributed by atoms with van der Waals surface area (Å²) in [6.45, 7) is 0. The van der Waals surface area contributed by atoms with Gasteiger partial charge in [-0.25, -0.2) is 0 Å². The van der Waals surface area contributed by atoms with E-state index in [4.69, 9.17) is 16.3 Å². The van der Waals surface area contributed by atoms with Gasteiger partial charge in [0.1, 0.15) is 6.10 Å². The van der Waals surface area contributed by atoms with Crippen molar-refractivity contribution in [3.05, 3.63) is 65.2 Å². The molecule has 0 bridgehead atoms. The molecule has 0 radical (unpaired) electrons. The SMILES string of the molecule is O=C1C[C@@H](C(=O)Nc2ccc(Cl)cc2)[C@H](c2ccccc2)O1. The van der Waals surface area contributed by atoms with E-state index in [0.29, 0.717) is 10.7 Å². The molecule has 0 unspecified atom stereocenters. The van der Waals surface area contributed by atoms with Crippen LogP contribution in [0.25, 0.3) is 0 Å². The molecule has 22 heavy (non-hydrogen) atoms. The van der Waals surface area contributed by atoms with Crippen molar-refractivity contribution in [2.75, 3.05) is 5.32 Å². The molecule has 0 spiro atoms. The van der Waals surface area contributed by atoms with Crippen molar-refractivity contribution < 1.29 is 14.3 Å². The lowest BCUT2D eigenvalue weighted by atomic mass is 9.94. The smallest absolute Gasteiger partial charge is 0.307 e. The van der Waals surface area contributed by atoms with Crippen LogP contribution < -0.4 is 5.32 Å². The van der Waals surface area contributed by atoms with Crippen molar-refractivity contribution in [2.45, 2.75) is 12.5 Å². The molecule has 112 valence electrons. The number of benzene rings is 2. The molecule has 1 N–H and O–H groups in total. The Morgan fingerprint density at radius 3 is 2.45 bits per heavy atom. The Bertz CT molecular complexity index is 685. The van der Waals surface area contributed by atoms with Gasteiger partial charge in [0, 0.05) is 10.7 Å². The van der Waals surface area contributed by atoms with E-state index in [1.165, 1.54) is 0 Å². The van der Waals surface area contributed by atoms with Crippen LogP contribution in [-0.2, 0) is 14.3 Å². The number of ether oxygens (including phenoxy) is 1. The fraction of sp³-hybridized carbons (Fsp3) is 0.176. The van der Waals surface area contributed by atoms with Crippen molar-refractivity contribution in [1.82, 2.24) is 0 Å². The zero-order chi connectivity index (χ0) is 15.5. The minimum atomic E-state index is -0.541. The standard InChI is InChI=1S/C17H14ClNO3/c18-12-6-8-13(9-7-12)19-17(21)14-10-15(20)22-16(14)11-4-2-1-3-5-11/h1-9,14,16H,10H2,(H,19,21)/t14-,16+/m1/s1. The average molecular weight is 316 g/mol. The maximum absolute atomic E-state index is 12.5. The summed E-state index contributed by atoms with van der Waals surface area (Å²) in [4.78, 5) is 24.1. The molecule has 3 rings (SSSR count). The third-order valence-electron chi connectivity index (χ3n) is 3.59. The molecule has 1 amide bonds. The minimum Gasteiger partial charge on any atom is -0.457 e. The van der Waals surface area contributed by atoms with E-state index in [0.717, 1.165) is 5.56 Å². The number of rotatable bonds is 3. The molecule has 2 aromatic carbocycles. The first-order valence-electron chi connectivity index (χ1n) is 6.94. The number of carbonyl (C=O) groups excluding carboxylic acids is 2. The number of cyclic esters (lactones) is 1. The van der Waals surface area contributed by atoms with Crippen molar-refractivity contribution in [2.24, 2.45) is 5.92 Å². The van der Waals surface area contributed by atoms with Gasteiger partial charge in [0.25, 0.3) is 0 Å². The Morgan fingerprint density at radius 1 is 1.09 bits per heavy atom. The van der Waals surface area contributed by atoms with Gasteiger partial charge in [0.05, 0.1) is 12.3 Å². The molecule has 1 aliphatic rings. The summed E-state index contributed by atoms with van der Waals surface area (Å²) in [5, 5.41) is 3.40. The Labute approximate surface area is 133 Å². The predicted molar refractivity (Wildman–Crippen MR) is 83.5 cm³/mol. The molecule has 0 aliphatic carbocycles. The number of esters is 1. The number of nitrogens with one attached hydrogen (secondary N) is 1. The van der Waals surface area contributed by atoms with E-state index in [-0.39, 0.29) is 18.3 Å². The van der Waals surface area contributed by atoms with Gasteiger partial charge in [-0.05, 0) is 29.8 Å². The summed E-state index contributed by atoms with van der Waals surface area (Å²) in [7, 11) is 0. The van der Waals surface area contributed by atoms with Crippen LogP contribution in [0.5, 0.6) is 0 Å². The maximum Gasteiger partial charge on any atom is 0.307 e. The monoisotopic (exact) mass is 315 g/mol. The molecular formula is C17H14ClNO3. The molecule has 0 saturated carbocycles. The molecule has 2 atom stereocenters. The molecular weight excluding hydrogens is 302 g/mol. The molecule has 1 aliphatic heterocycles. The molecule has 4 nitrogen and oxygen atoms in total. The summed E-state index contributed by atoms with van der Waals surface area (Å²) >= 11 is 5.82. The highest BCUT2D eigenvalue weighted by atomic mass is 35.5. The molecule has 1 heterocycles. The summed E-state index contributed by atoms with van der Waals surface area (Å²) < 4.78 is 5.32. The number of anilines is 1. The summed E-state index contributed by atoms with van der Waals surface area (Å²) in [6.07, 6.45) is -0.458. The first kappa shape index (κ1) is 14.6. The Kier molecular flexibility index (Phi) is 4.11. The Hall–Kier alpha value is -2.33. The second-order valence-corrected chi connectivity index (χ2v) is 5.56. The first-order chi connectivity index (χ1) is 10.6. The van der Waals surface area contributed by atoms with Gasteiger partial charge in [-0.15, -0.1) is 0 Å². The van der Waals surface area contributed by atoms with Crippen LogP contribution in [0.15, 0.2) is 54.6 Å². The Morgan fingerprint density at radius 2 is 1.77 bits per heavy atom. The summed E-state index contributed by atoms with van der Waals surface area (Å²) in [5.74, 6) is -1.13. The van der Waals surface area contributed by atoms with Crippen LogP contribution in [0, 0.1) is 5.92 Å². The minimum absolute atomic E-state index is 0.0823. The zero-order valence-electron chi connectivity index (χ0n) is 11.7. The molecule has 2 aromatic rings. The van der Waals surface area contributed by atoms with Crippen LogP contribution in [-0.4, -0.2) is 11.9 Å². The van der Waals surface area contributed by atoms with Crippen LogP contribution >= 0.6 is 11.6 Å². The number of carbonyl (C=O) groups is 2. The van der Waals surface area contributed by atoms with Gasteiger partial charge in [-0.3, -0.25) is 9.59 Å². The quantitative estimate of drug-likeness (QED) is 0.881. The van der Waals surface area contributed by atoms with Crippen molar-refractivity contribution in [3.8, 4) is 0 Å². The topological polar surface area (TPSA) is 55.4 Å². The van der Waals surface area contributed by atoms with Gasteiger partial charge < -0.3 is 10.1 Å². The Balaban J connectivity index is 1.78. The van der Waals surface area contributed by atoms with Crippen LogP contribution in [0.4, 0.5) is 5.69 Å². The van der Waals surface area contributed by atoms with E-state index >= 15 is 0 Å². The fourth-order valence-electron chi connectivity index (χ4n) is 2.50. The van der Waals surface area contributed by atoms with E-state index < -0.39 is 12.0 Å². The number of hydrogen-bond acceptors (Lipinski definition) is 3. The highest BCUT2D eigenvalue weighted by Crippen LogP contribution is 2.36. The van der Waals surface area contributed by atoms with Crippen LogP contribution in [0.2, 0.25) is 5.02 Å². The van der Waals surface area contributed by atoms with Crippen molar-refractivity contribution >= 4 is 29.2 Å². The van der Waals surface area contributed by atoms with E-state index in [1.807, 2.05) is 30.3 Å². The summed E-state index contributed by atoms with van der Waals surface area (Å²) in [6, 6.07) is 16.1. The van der Waals surface area contributed by atoms with Crippen LogP contribution in [0.3, 0.4) is 0 Å². The number of halogens is 1. The second kappa shape index (κ2) is 6.20. The van der Waals surface area contributed by atoms with Crippen molar-refractivity contribution in [1.29, 1.82) is 0 Å². The number of amides is 1. The highest BCUT2D eigenvalue weighted by molar-refractivity contribution is 6.30. The highest BCUT2D eigenvalue weighted by Gasteiger charge is 2.40. The van der Waals surface area contributed by atoms with E-state index in [2.05, 4.69) is 5.32 Å². The van der Waals surface area contributed by atoms with Gasteiger partial charge in [-0.1, -0.05) is 41.9 Å². The number of hydrogen-bond donors (Lipinski definition) is 1. The van der Waals surface area contributed by atoms with Crippen LogP contribution in [0.1, 0.15) is 18.1 Å². The predicted octanol–water partition coefficient (Wildman–Crippen LogP) is 3.58. The largest absolute Gasteiger partial charge is 0.457 e. The van der Waals surface area contributed by atoms with Gasteiger partial charge >= 0.3 is 5.97 Å².